The summed E-state index contributed by atoms with van der Waals surface area (Å²) in [6.07, 6.45) is 9.17. The first-order valence-electron chi connectivity index (χ1n) is 14.5. The standard InChI is InChI=1S/C31H47N3O4/c1-3-34(4-2)22-13-21-32-24-26(25-37-29-18-12-16-27-15-8-9-17-28(27)29)14-6-5-7-19-30(35)33-38-31-20-10-11-23-36-31/h8-9,12,14-18,31-32H,3-7,10-11,13,19-25H2,1-2H3,(H,33,35)/b26-14+. The lowest BCUT2D eigenvalue weighted by atomic mass is 10.1. The Morgan fingerprint density at radius 1 is 1.08 bits per heavy atom. The summed E-state index contributed by atoms with van der Waals surface area (Å²) in [7, 11) is 0. The number of unbranched alkanes of at least 4 members (excludes halogenated alkanes) is 2. The number of nitrogens with one attached hydrogen (secondary N) is 2. The van der Waals surface area contributed by atoms with Crippen LogP contribution >= 0.6 is 0 Å². The lowest BCUT2D eigenvalue weighted by Crippen LogP contribution is -2.32. The Hall–Kier alpha value is -2.45. The Bertz CT molecular complexity index is 965. The normalized spacial score (nSPS) is 16.2. The molecule has 1 aliphatic heterocycles. The Morgan fingerprint density at radius 2 is 1.92 bits per heavy atom. The van der Waals surface area contributed by atoms with Crippen molar-refractivity contribution in [3.63, 3.8) is 0 Å². The molecule has 1 aliphatic rings. The van der Waals surface area contributed by atoms with E-state index in [0.29, 0.717) is 19.6 Å². The molecule has 2 N–H and O–H groups in total. The average molecular weight is 526 g/mol. The molecule has 1 amide bonds. The maximum absolute atomic E-state index is 12.1. The molecule has 210 valence electrons. The summed E-state index contributed by atoms with van der Waals surface area (Å²) in [5.41, 5.74) is 3.79. The van der Waals surface area contributed by atoms with E-state index in [1.807, 2.05) is 18.2 Å². The number of nitrogens with zero attached hydrogens (tertiary/aromatic N) is 1. The molecule has 0 bridgehead atoms. The number of hydrogen-bond donors (Lipinski definition) is 2. The molecule has 0 aromatic heterocycles. The quantitative estimate of drug-likeness (QED) is 0.150. The van der Waals surface area contributed by atoms with E-state index in [1.54, 1.807) is 0 Å². The average Bonchev–Trinajstić information content (AvgIpc) is 2.96. The molecular weight excluding hydrogens is 478 g/mol. The van der Waals surface area contributed by atoms with E-state index in [2.05, 4.69) is 59.9 Å². The number of carbonyl (C=O) groups excluding carboxylic acids is 1. The molecule has 1 atom stereocenters. The summed E-state index contributed by atoms with van der Waals surface area (Å²) in [5.74, 6) is 0.826. The molecular formula is C31H47N3O4. The van der Waals surface area contributed by atoms with Gasteiger partial charge in [0, 0.05) is 31.4 Å². The molecule has 1 unspecified atom stereocenters. The lowest BCUT2D eigenvalue weighted by molar-refractivity contribution is -0.200. The van der Waals surface area contributed by atoms with Gasteiger partial charge in [-0.1, -0.05) is 56.3 Å². The van der Waals surface area contributed by atoms with Gasteiger partial charge in [0.2, 0.25) is 5.91 Å². The maximum Gasteiger partial charge on any atom is 0.243 e. The molecule has 38 heavy (non-hydrogen) atoms. The Labute approximate surface area is 228 Å². The van der Waals surface area contributed by atoms with E-state index in [9.17, 15) is 4.79 Å². The van der Waals surface area contributed by atoms with Crippen molar-refractivity contribution in [2.75, 3.05) is 45.9 Å². The van der Waals surface area contributed by atoms with Crippen molar-refractivity contribution in [2.24, 2.45) is 0 Å². The summed E-state index contributed by atoms with van der Waals surface area (Å²) in [6.45, 7) is 10.8. The molecule has 7 nitrogen and oxygen atoms in total. The van der Waals surface area contributed by atoms with Crippen LogP contribution in [0.3, 0.4) is 0 Å². The van der Waals surface area contributed by atoms with E-state index < -0.39 is 0 Å². The van der Waals surface area contributed by atoms with Crippen LogP contribution in [-0.2, 0) is 14.4 Å². The molecule has 1 heterocycles. The van der Waals surface area contributed by atoms with Crippen LogP contribution in [0.2, 0.25) is 0 Å². The van der Waals surface area contributed by atoms with E-state index in [-0.39, 0.29) is 12.2 Å². The molecule has 3 rings (SSSR count). The molecule has 0 radical (unpaired) electrons. The predicted molar refractivity (Wildman–Crippen MR) is 154 cm³/mol. The molecule has 0 saturated carbocycles. The zero-order chi connectivity index (χ0) is 26.8. The SMILES string of the molecule is CCN(CC)CCCNC/C(=C\CCCCC(=O)NOC1CCCCO1)COc1cccc2ccccc12. The Balaban J connectivity index is 1.43. The van der Waals surface area contributed by atoms with E-state index >= 15 is 0 Å². The monoisotopic (exact) mass is 525 g/mol. The van der Waals surface area contributed by atoms with Crippen LogP contribution < -0.4 is 15.5 Å². The first-order valence-corrected chi connectivity index (χ1v) is 14.5. The minimum atomic E-state index is -0.306. The van der Waals surface area contributed by atoms with Gasteiger partial charge < -0.3 is 19.7 Å². The molecule has 2 aromatic rings. The lowest BCUT2D eigenvalue weighted by Gasteiger charge is -2.22. The smallest absolute Gasteiger partial charge is 0.243 e. The van der Waals surface area contributed by atoms with Crippen molar-refractivity contribution in [3.8, 4) is 5.75 Å². The summed E-state index contributed by atoms with van der Waals surface area (Å²) in [6, 6.07) is 14.5. The van der Waals surface area contributed by atoms with Crippen molar-refractivity contribution < 1.29 is 19.1 Å². The largest absolute Gasteiger partial charge is 0.489 e. The minimum absolute atomic E-state index is 0.0856. The predicted octanol–water partition coefficient (Wildman–Crippen LogP) is 5.60. The van der Waals surface area contributed by atoms with Gasteiger partial charge in [-0.15, -0.1) is 0 Å². The van der Waals surface area contributed by atoms with E-state index in [4.69, 9.17) is 14.3 Å². The highest BCUT2D eigenvalue weighted by molar-refractivity contribution is 5.88. The molecule has 2 aromatic carbocycles. The second-order valence-corrected chi connectivity index (χ2v) is 9.87. The van der Waals surface area contributed by atoms with Crippen LogP contribution in [0.5, 0.6) is 5.75 Å². The highest BCUT2D eigenvalue weighted by Gasteiger charge is 2.15. The third-order valence-corrected chi connectivity index (χ3v) is 6.97. The zero-order valence-electron chi connectivity index (χ0n) is 23.4. The van der Waals surface area contributed by atoms with Crippen molar-refractivity contribution >= 4 is 16.7 Å². The third kappa shape index (κ3) is 11.1. The van der Waals surface area contributed by atoms with Gasteiger partial charge in [0.15, 0.2) is 6.29 Å². The van der Waals surface area contributed by atoms with Gasteiger partial charge in [-0.2, -0.15) is 0 Å². The highest BCUT2D eigenvalue weighted by Crippen LogP contribution is 2.25. The van der Waals surface area contributed by atoms with Crippen LogP contribution in [0.4, 0.5) is 0 Å². The summed E-state index contributed by atoms with van der Waals surface area (Å²) in [5, 5.41) is 5.92. The number of fused-ring (bicyclic) bond motifs is 1. The van der Waals surface area contributed by atoms with Crippen LogP contribution in [0, 0.1) is 0 Å². The summed E-state index contributed by atoms with van der Waals surface area (Å²) in [4.78, 5) is 19.9. The van der Waals surface area contributed by atoms with E-state index in [0.717, 1.165) is 88.8 Å². The van der Waals surface area contributed by atoms with Crippen molar-refractivity contribution in [1.82, 2.24) is 15.7 Å². The second-order valence-electron chi connectivity index (χ2n) is 9.87. The number of rotatable bonds is 18. The molecule has 1 saturated heterocycles. The molecule has 1 fully saturated rings. The number of hydroxylamine groups is 1. The van der Waals surface area contributed by atoms with Gasteiger partial charge in [-0.25, -0.2) is 10.3 Å². The number of hydrogen-bond acceptors (Lipinski definition) is 6. The Morgan fingerprint density at radius 3 is 2.74 bits per heavy atom. The van der Waals surface area contributed by atoms with Gasteiger partial charge in [0.05, 0.1) is 0 Å². The first kappa shape index (κ1) is 30.1. The van der Waals surface area contributed by atoms with Crippen molar-refractivity contribution in [1.29, 1.82) is 0 Å². The number of ether oxygens (including phenoxy) is 2. The van der Waals surface area contributed by atoms with E-state index in [1.165, 1.54) is 11.0 Å². The molecule has 7 heteroatoms. The van der Waals surface area contributed by atoms with Gasteiger partial charge in [0.25, 0.3) is 0 Å². The molecule has 0 aliphatic carbocycles. The molecule has 0 spiro atoms. The van der Waals surface area contributed by atoms with Crippen LogP contribution in [0.15, 0.2) is 54.1 Å². The third-order valence-electron chi connectivity index (χ3n) is 6.97. The van der Waals surface area contributed by atoms with Crippen LogP contribution in [-0.4, -0.2) is 63.0 Å². The number of amides is 1. The minimum Gasteiger partial charge on any atom is -0.489 e. The zero-order valence-corrected chi connectivity index (χ0v) is 23.4. The summed E-state index contributed by atoms with van der Waals surface area (Å²) < 4.78 is 11.8. The van der Waals surface area contributed by atoms with Gasteiger partial charge in [0.1, 0.15) is 12.4 Å². The fraction of sp³-hybridized carbons (Fsp3) is 0.581. The fourth-order valence-electron chi connectivity index (χ4n) is 4.61. The maximum atomic E-state index is 12.1. The van der Waals surface area contributed by atoms with Crippen LogP contribution in [0.25, 0.3) is 10.8 Å². The highest BCUT2D eigenvalue weighted by atomic mass is 16.8. The number of allylic oxidation sites excluding steroid dienone is 1. The van der Waals surface area contributed by atoms with Gasteiger partial charge in [-0.05, 0) is 81.7 Å². The van der Waals surface area contributed by atoms with Gasteiger partial charge >= 0.3 is 0 Å². The number of benzene rings is 2. The second kappa shape index (κ2) is 17.9. The first-order chi connectivity index (χ1) is 18.7. The van der Waals surface area contributed by atoms with Crippen molar-refractivity contribution in [2.45, 2.75) is 71.5 Å². The summed E-state index contributed by atoms with van der Waals surface area (Å²) >= 11 is 0. The van der Waals surface area contributed by atoms with Crippen LogP contribution in [0.1, 0.15) is 65.2 Å². The number of carbonyl (C=O) groups is 1. The van der Waals surface area contributed by atoms with Crippen molar-refractivity contribution in [3.05, 3.63) is 54.1 Å². The fourth-order valence-corrected chi connectivity index (χ4v) is 4.61. The topological polar surface area (TPSA) is 72.1 Å². The van der Waals surface area contributed by atoms with Gasteiger partial charge in [-0.3, -0.25) is 4.79 Å². The Kier molecular flexibility index (Phi) is 14.2.